The molecule has 0 spiro atoms. The van der Waals surface area contributed by atoms with Crippen LogP contribution in [0.15, 0.2) is 79.1 Å². The average Bonchev–Trinajstić information content (AvgIpc) is 3.48. The van der Waals surface area contributed by atoms with Gasteiger partial charge in [-0.05, 0) is 48.2 Å². The SMILES string of the molecule is N=C(c1cc2cc(Oc3ccccc3)c(F)cc2[nH]1)c1c(N)ncnc1NC1Cc2ccccc2C1. The van der Waals surface area contributed by atoms with Crippen molar-refractivity contribution in [3.05, 3.63) is 107 Å². The second kappa shape index (κ2) is 8.81. The van der Waals surface area contributed by atoms with Crippen molar-refractivity contribution in [2.75, 3.05) is 11.1 Å². The molecule has 3 aromatic carbocycles. The Hall–Kier alpha value is -4.72. The van der Waals surface area contributed by atoms with E-state index in [-0.39, 0.29) is 23.3 Å². The quantitative estimate of drug-likeness (QED) is 0.242. The maximum atomic E-state index is 14.8. The number of rotatable bonds is 6. The third-order valence-electron chi connectivity index (χ3n) is 6.43. The predicted molar refractivity (Wildman–Crippen MR) is 138 cm³/mol. The number of nitrogen functional groups attached to an aromatic ring is 1. The first-order chi connectivity index (χ1) is 17.5. The molecule has 0 amide bonds. The number of anilines is 2. The Kier molecular flexibility index (Phi) is 5.33. The number of ether oxygens (including phenoxy) is 1. The highest BCUT2D eigenvalue weighted by Crippen LogP contribution is 2.31. The number of nitrogens with zero attached hydrogens (tertiary/aromatic N) is 2. The Morgan fingerprint density at radius 2 is 1.72 bits per heavy atom. The normalized spacial score (nSPS) is 13.0. The number of aromatic amines is 1. The number of benzene rings is 3. The van der Waals surface area contributed by atoms with Crippen molar-refractivity contribution >= 4 is 28.3 Å². The maximum Gasteiger partial charge on any atom is 0.167 e. The molecule has 0 bridgehead atoms. The van der Waals surface area contributed by atoms with Gasteiger partial charge < -0.3 is 20.8 Å². The number of nitrogens with one attached hydrogen (secondary N) is 3. The monoisotopic (exact) mass is 478 g/mol. The molecule has 0 radical (unpaired) electrons. The molecule has 5 N–H and O–H groups in total. The minimum Gasteiger partial charge on any atom is -0.454 e. The third kappa shape index (κ3) is 4.02. The van der Waals surface area contributed by atoms with Crippen molar-refractivity contribution in [3.63, 3.8) is 0 Å². The van der Waals surface area contributed by atoms with E-state index in [0.29, 0.717) is 33.7 Å². The van der Waals surface area contributed by atoms with E-state index in [1.165, 1.54) is 23.5 Å². The van der Waals surface area contributed by atoms with Gasteiger partial charge in [0.05, 0.1) is 17.0 Å². The second-order valence-electron chi connectivity index (χ2n) is 8.84. The van der Waals surface area contributed by atoms with E-state index in [4.69, 9.17) is 15.9 Å². The van der Waals surface area contributed by atoms with Crippen LogP contribution < -0.4 is 15.8 Å². The van der Waals surface area contributed by atoms with E-state index >= 15 is 0 Å². The van der Waals surface area contributed by atoms with E-state index in [2.05, 4.69) is 32.4 Å². The zero-order valence-electron chi connectivity index (χ0n) is 19.3. The van der Waals surface area contributed by atoms with E-state index in [0.717, 1.165) is 12.8 Å². The standard InChI is InChI=1S/C28H23FN6O/c29-21-14-22-18(13-24(21)36-20-8-2-1-3-9-20)12-23(35-22)26(30)25-27(31)32-15-33-28(25)34-19-10-16-6-4-5-7-17(16)11-19/h1-9,12-15,19,30,35H,10-11H2,(H3,31,32,33,34). The largest absolute Gasteiger partial charge is 0.454 e. The molecular weight excluding hydrogens is 455 g/mol. The number of H-pyrrole nitrogens is 1. The van der Waals surface area contributed by atoms with Gasteiger partial charge in [0, 0.05) is 23.0 Å². The molecule has 0 atom stereocenters. The van der Waals surface area contributed by atoms with Crippen LogP contribution in [-0.2, 0) is 12.8 Å². The average molecular weight is 479 g/mol. The summed E-state index contributed by atoms with van der Waals surface area (Å²) >= 11 is 0. The summed E-state index contributed by atoms with van der Waals surface area (Å²) in [5.74, 6) is 0.848. The topological polar surface area (TPSA) is 113 Å². The summed E-state index contributed by atoms with van der Waals surface area (Å²) < 4.78 is 20.5. The van der Waals surface area contributed by atoms with Crippen LogP contribution in [0.4, 0.5) is 16.0 Å². The summed E-state index contributed by atoms with van der Waals surface area (Å²) in [5, 5.41) is 13.1. The molecule has 0 fully saturated rings. The molecular formula is C28H23FN6O. The van der Waals surface area contributed by atoms with Crippen molar-refractivity contribution < 1.29 is 9.13 Å². The van der Waals surface area contributed by atoms with Gasteiger partial charge in [-0.1, -0.05) is 42.5 Å². The molecule has 0 saturated heterocycles. The molecule has 2 heterocycles. The van der Waals surface area contributed by atoms with Crippen LogP contribution in [0.2, 0.25) is 0 Å². The summed E-state index contributed by atoms with van der Waals surface area (Å²) in [4.78, 5) is 11.7. The minimum absolute atomic E-state index is 0.108. The van der Waals surface area contributed by atoms with Crippen molar-refractivity contribution in [2.45, 2.75) is 18.9 Å². The van der Waals surface area contributed by atoms with Crippen molar-refractivity contribution in [1.82, 2.24) is 15.0 Å². The van der Waals surface area contributed by atoms with E-state index in [9.17, 15) is 4.39 Å². The molecule has 5 aromatic rings. The van der Waals surface area contributed by atoms with Crippen LogP contribution in [0.25, 0.3) is 10.9 Å². The van der Waals surface area contributed by atoms with Gasteiger partial charge in [0.2, 0.25) is 0 Å². The Morgan fingerprint density at radius 3 is 2.47 bits per heavy atom. The van der Waals surface area contributed by atoms with Gasteiger partial charge in [-0.25, -0.2) is 14.4 Å². The van der Waals surface area contributed by atoms with Gasteiger partial charge in [0.15, 0.2) is 11.6 Å². The van der Waals surface area contributed by atoms with Crippen LogP contribution in [0, 0.1) is 11.2 Å². The number of para-hydroxylation sites is 1. The fourth-order valence-corrected chi connectivity index (χ4v) is 4.71. The lowest BCUT2D eigenvalue weighted by Crippen LogP contribution is -2.23. The number of nitrogens with two attached hydrogens (primary N) is 1. The second-order valence-corrected chi connectivity index (χ2v) is 8.84. The number of fused-ring (bicyclic) bond motifs is 2. The molecule has 1 aliphatic rings. The van der Waals surface area contributed by atoms with Gasteiger partial charge in [0.25, 0.3) is 0 Å². The molecule has 7 nitrogen and oxygen atoms in total. The third-order valence-corrected chi connectivity index (χ3v) is 6.43. The Labute approximate surface area is 206 Å². The highest BCUT2D eigenvalue weighted by atomic mass is 19.1. The first kappa shape index (κ1) is 21.8. The summed E-state index contributed by atoms with van der Waals surface area (Å²) in [6.45, 7) is 0. The molecule has 0 aliphatic heterocycles. The Morgan fingerprint density at radius 1 is 1.00 bits per heavy atom. The molecule has 0 saturated carbocycles. The van der Waals surface area contributed by atoms with Crippen LogP contribution in [0.3, 0.4) is 0 Å². The number of aromatic nitrogens is 3. The first-order valence-corrected chi connectivity index (χ1v) is 11.6. The molecule has 6 rings (SSSR count). The van der Waals surface area contributed by atoms with Crippen molar-refractivity contribution in [1.29, 1.82) is 5.41 Å². The van der Waals surface area contributed by atoms with Gasteiger partial charge in [-0.2, -0.15) is 0 Å². The van der Waals surface area contributed by atoms with Crippen LogP contribution in [0.1, 0.15) is 22.4 Å². The lowest BCUT2D eigenvalue weighted by Gasteiger charge is -2.17. The lowest BCUT2D eigenvalue weighted by atomic mass is 10.1. The number of hydrogen-bond acceptors (Lipinski definition) is 6. The molecule has 1 aliphatic carbocycles. The van der Waals surface area contributed by atoms with Gasteiger partial charge in [0.1, 0.15) is 23.7 Å². The number of hydrogen-bond donors (Lipinski definition) is 4. The smallest absolute Gasteiger partial charge is 0.167 e. The molecule has 8 heteroatoms. The molecule has 0 unspecified atom stereocenters. The number of halogens is 1. The predicted octanol–water partition coefficient (Wildman–Crippen LogP) is 5.47. The zero-order chi connectivity index (χ0) is 24.6. The molecule has 178 valence electrons. The van der Waals surface area contributed by atoms with Crippen molar-refractivity contribution in [2.24, 2.45) is 0 Å². The lowest BCUT2D eigenvalue weighted by molar-refractivity contribution is 0.443. The Bertz CT molecular complexity index is 1570. The fraction of sp³-hybridized carbons (Fsp3) is 0.107. The summed E-state index contributed by atoms with van der Waals surface area (Å²) in [6.07, 6.45) is 3.12. The fourth-order valence-electron chi connectivity index (χ4n) is 4.71. The summed E-state index contributed by atoms with van der Waals surface area (Å²) in [6, 6.07) is 22.3. The Balaban J connectivity index is 1.30. The minimum atomic E-state index is -0.503. The zero-order valence-corrected chi connectivity index (χ0v) is 19.3. The van der Waals surface area contributed by atoms with Crippen molar-refractivity contribution in [3.8, 4) is 11.5 Å². The van der Waals surface area contributed by atoms with Crippen LogP contribution in [-0.4, -0.2) is 26.7 Å². The van der Waals surface area contributed by atoms with Crippen LogP contribution in [0.5, 0.6) is 11.5 Å². The molecule has 36 heavy (non-hydrogen) atoms. The highest BCUT2D eigenvalue weighted by molar-refractivity contribution is 6.16. The van der Waals surface area contributed by atoms with Crippen LogP contribution >= 0.6 is 0 Å². The van der Waals surface area contributed by atoms with Gasteiger partial charge in [-0.3, -0.25) is 5.41 Å². The highest BCUT2D eigenvalue weighted by Gasteiger charge is 2.25. The molecule has 2 aromatic heterocycles. The maximum absolute atomic E-state index is 14.8. The summed E-state index contributed by atoms with van der Waals surface area (Å²) in [5.41, 5.74) is 10.4. The van der Waals surface area contributed by atoms with E-state index < -0.39 is 5.82 Å². The first-order valence-electron chi connectivity index (χ1n) is 11.6. The van der Waals surface area contributed by atoms with E-state index in [1.807, 2.05) is 30.3 Å². The van der Waals surface area contributed by atoms with Gasteiger partial charge in [-0.15, -0.1) is 0 Å². The summed E-state index contributed by atoms with van der Waals surface area (Å²) in [7, 11) is 0. The van der Waals surface area contributed by atoms with Gasteiger partial charge >= 0.3 is 0 Å². The van der Waals surface area contributed by atoms with E-state index in [1.54, 1.807) is 24.3 Å².